The monoisotopic (exact) mass is 1840 g/mol. The third-order valence-corrected chi connectivity index (χ3v) is 32.8. The maximum atomic E-state index is 12.4. The number of aliphatic hydroxyl groups excluding tert-OH is 1. The molecule has 0 unspecified atom stereocenters. The van der Waals surface area contributed by atoms with Crippen molar-refractivity contribution in [2.45, 2.75) is 321 Å². The zero-order valence-electron chi connectivity index (χ0n) is 82.1. The first-order valence-corrected chi connectivity index (χ1v) is 53.6. The third kappa shape index (κ3) is 50.9. The minimum absolute atomic E-state index is 0.0750. The summed E-state index contributed by atoms with van der Waals surface area (Å²) in [6, 6.07) is 28.9. The lowest BCUT2D eigenvalue weighted by atomic mass is 9.83. The first kappa shape index (κ1) is 117. The van der Waals surface area contributed by atoms with E-state index >= 15 is 0 Å². The minimum atomic E-state index is -1.78. The second kappa shape index (κ2) is 55.5. The van der Waals surface area contributed by atoms with Gasteiger partial charge in [0.2, 0.25) is 20.5 Å². The highest BCUT2D eigenvalue weighted by Crippen LogP contribution is 2.42. The Labute approximate surface area is 774 Å². The molecule has 0 aliphatic carbocycles. The van der Waals surface area contributed by atoms with Crippen LogP contribution >= 0.6 is 70.6 Å². The molecular formula is C102H166O14S6Si. The van der Waals surface area contributed by atoms with E-state index in [4.69, 9.17) is 28.5 Å². The SMILES string of the molecule is CC(C)(C)CCCCSC(=O)c1ccc(C=O)cc1.CC(C)(C)CCSC(=O)C(C)(C)CO.CC(C)(C)CCSC(=O)C(C)(C)CO[Si](C)(C)C(C)(C)C.CC(C)(C)CCSC(=O)c1ccc(C=O)cc1.CCC1(CC)COC(c2ccc(C(=O)SCCC(C)(C)C)cc2)OC1.CCC1(CC)COC(c2ccc(C(=O)SCCCCC(C)(C)C)cc2)OC1. The van der Waals surface area contributed by atoms with Crippen LogP contribution in [0, 0.1) is 54.1 Å². The lowest BCUT2D eigenvalue weighted by Gasteiger charge is -2.39. The zero-order valence-corrected chi connectivity index (χ0v) is 88.0. The molecule has 0 atom stereocenters. The fourth-order valence-corrected chi connectivity index (χ4v) is 18.8. The lowest BCUT2D eigenvalue weighted by Crippen LogP contribution is -2.44. The lowest BCUT2D eigenvalue weighted by molar-refractivity contribution is -0.235. The maximum Gasteiger partial charge on any atom is 0.219 e. The van der Waals surface area contributed by atoms with Crippen molar-refractivity contribution in [1.82, 2.24) is 0 Å². The Morgan fingerprint density at radius 2 is 0.610 bits per heavy atom. The number of aldehydes is 2. The van der Waals surface area contributed by atoms with Gasteiger partial charge in [-0.25, -0.2) is 0 Å². The van der Waals surface area contributed by atoms with Crippen molar-refractivity contribution in [3.63, 3.8) is 0 Å². The van der Waals surface area contributed by atoms with Crippen LogP contribution in [0.1, 0.15) is 377 Å². The summed E-state index contributed by atoms with van der Waals surface area (Å²) in [6.07, 6.45) is 16.2. The van der Waals surface area contributed by atoms with Crippen LogP contribution in [0.3, 0.4) is 0 Å². The molecule has 4 aromatic carbocycles. The fourth-order valence-electron chi connectivity index (χ4n) is 10.9. The van der Waals surface area contributed by atoms with Crippen molar-refractivity contribution in [2.24, 2.45) is 54.1 Å². The Bertz CT molecular complexity index is 3700. The molecule has 0 radical (unpaired) electrons. The molecule has 21 heteroatoms. The average molecular weight is 1840 g/mol. The molecule has 1 N–H and O–H groups in total. The number of rotatable bonds is 34. The smallest absolute Gasteiger partial charge is 0.219 e. The summed E-state index contributed by atoms with van der Waals surface area (Å²) in [5.41, 5.74) is 7.14. The van der Waals surface area contributed by atoms with E-state index in [-0.39, 0.29) is 87.4 Å². The highest BCUT2D eigenvalue weighted by Gasteiger charge is 2.41. The van der Waals surface area contributed by atoms with E-state index < -0.39 is 19.1 Å². The molecule has 0 amide bonds. The third-order valence-electron chi connectivity index (χ3n) is 22.1. The summed E-state index contributed by atoms with van der Waals surface area (Å²) in [7, 11) is -1.78. The van der Waals surface area contributed by atoms with Crippen LogP contribution in [0.4, 0.5) is 0 Å². The fraction of sp³-hybridized carbons (Fsp3) is 0.686. The first-order chi connectivity index (χ1) is 56.7. The number of ether oxygens (including phenoxy) is 4. The van der Waals surface area contributed by atoms with E-state index in [1.807, 2.05) is 62.4 Å². The van der Waals surface area contributed by atoms with Gasteiger partial charge in [-0.15, -0.1) is 0 Å². The highest BCUT2D eigenvalue weighted by atomic mass is 32.2. The Hall–Kier alpha value is -3.68. The molecule has 2 fully saturated rings. The van der Waals surface area contributed by atoms with Crippen LogP contribution in [0.25, 0.3) is 0 Å². The summed E-state index contributed by atoms with van der Waals surface area (Å²) < 4.78 is 30.1. The van der Waals surface area contributed by atoms with Gasteiger partial charge in [-0.2, -0.15) is 0 Å². The molecule has 0 bridgehead atoms. The number of carbonyl (C=O) groups is 8. The molecule has 0 aromatic heterocycles. The molecule has 2 aliphatic rings. The van der Waals surface area contributed by atoms with Crippen LogP contribution in [0.2, 0.25) is 18.1 Å². The number of hydrogen-bond donors (Lipinski definition) is 1. The molecular weight excluding hydrogens is 1670 g/mol. The molecule has 6 rings (SSSR count). The van der Waals surface area contributed by atoms with Gasteiger partial charge in [0.15, 0.2) is 31.1 Å². The minimum Gasteiger partial charge on any atom is -0.416 e. The summed E-state index contributed by atoms with van der Waals surface area (Å²) in [5.74, 6) is 5.18. The molecule has 2 saturated heterocycles. The van der Waals surface area contributed by atoms with E-state index in [2.05, 4.69) is 186 Å². The number of carbonyl (C=O) groups excluding carboxylic acids is 8. The Morgan fingerprint density at radius 1 is 0.366 bits per heavy atom. The van der Waals surface area contributed by atoms with Gasteiger partial charge in [0.1, 0.15) is 12.6 Å². The van der Waals surface area contributed by atoms with Crippen LogP contribution in [0.5, 0.6) is 0 Å². The van der Waals surface area contributed by atoms with Crippen molar-refractivity contribution in [3.8, 4) is 0 Å². The zero-order chi connectivity index (χ0) is 94.1. The van der Waals surface area contributed by atoms with Crippen molar-refractivity contribution < 1.29 is 66.8 Å². The van der Waals surface area contributed by atoms with E-state index in [0.29, 0.717) is 39.7 Å². The quantitative estimate of drug-likeness (QED) is 0.0262. The number of thioether (sulfide) groups is 6. The van der Waals surface area contributed by atoms with Gasteiger partial charge in [0.05, 0.1) is 43.9 Å². The van der Waals surface area contributed by atoms with Crippen LogP contribution in [-0.2, 0) is 33.0 Å². The van der Waals surface area contributed by atoms with Gasteiger partial charge in [-0.3, -0.25) is 38.4 Å². The van der Waals surface area contributed by atoms with Gasteiger partial charge < -0.3 is 28.5 Å². The van der Waals surface area contributed by atoms with Crippen molar-refractivity contribution in [1.29, 1.82) is 0 Å². The normalized spacial score (nSPS) is 14.9. The summed E-state index contributed by atoms with van der Waals surface area (Å²) in [5, 5.41) is 9.97. The van der Waals surface area contributed by atoms with Gasteiger partial charge in [0.25, 0.3) is 0 Å². The summed E-state index contributed by atoms with van der Waals surface area (Å²) >= 11 is 8.34. The predicted octanol–water partition coefficient (Wildman–Crippen LogP) is 29.3. The van der Waals surface area contributed by atoms with Crippen LogP contribution in [0.15, 0.2) is 97.1 Å². The van der Waals surface area contributed by atoms with E-state index in [0.717, 1.165) is 166 Å². The number of aliphatic hydroxyl groups is 1. The largest absolute Gasteiger partial charge is 0.416 e. The van der Waals surface area contributed by atoms with Crippen molar-refractivity contribution in [2.75, 3.05) is 74.2 Å². The predicted molar refractivity (Wildman–Crippen MR) is 535 cm³/mol. The van der Waals surface area contributed by atoms with E-state index in [1.54, 1.807) is 62.4 Å². The Balaban J connectivity index is 0.000000747. The van der Waals surface area contributed by atoms with Gasteiger partial charge in [-0.05, 0) is 180 Å². The molecule has 4 aromatic rings. The van der Waals surface area contributed by atoms with Crippen LogP contribution < -0.4 is 0 Å². The Morgan fingerprint density at radius 3 is 0.846 bits per heavy atom. The molecule has 0 saturated carbocycles. The molecule has 698 valence electrons. The molecule has 123 heavy (non-hydrogen) atoms. The van der Waals surface area contributed by atoms with Gasteiger partial charge >= 0.3 is 0 Å². The maximum absolute atomic E-state index is 12.4. The summed E-state index contributed by atoms with van der Waals surface area (Å²) in [6.45, 7) is 70.6. The van der Waals surface area contributed by atoms with Crippen molar-refractivity contribution >= 4 is 122 Å². The molecule has 14 nitrogen and oxygen atoms in total. The topological polar surface area (TPSA) is 203 Å². The van der Waals surface area contributed by atoms with E-state index in [9.17, 15) is 38.4 Å². The highest BCUT2D eigenvalue weighted by molar-refractivity contribution is 8.15. The van der Waals surface area contributed by atoms with Gasteiger partial charge in [0, 0.05) is 96.5 Å². The number of hydrogen-bond acceptors (Lipinski definition) is 20. The first-order valence-electron chi connectivity index (χ1n) is 44.7. The number of unbranched alkanes of at least 4 members (excludes halogenated alkanes) is 2. The number of benzene rings is 4. The Kier molecular flexibility index (Phi) is 52.9. The second-order valence-corrected chi connectivity index (χ2v) is 54.3. The van der Waals surface area contributed by atoms with E-state index in [1.165, 1.54) is 89.8 Å². The standard InChI is InChI=1S/C23H36O3S.C21H32O3S.C17H36O2SSi.C16H22O2S.C14H18O2S.C11H22O2S/c1-6-23(7-2)16-25-21(26-17-23)19-12-10-18(11-13-19)20(24)27-15-9-8-14-22(3,4)5;1-6-21(7-2)14-23-19(24-15-21)17-10-8-16(9-11-17)18(22)25-13-12-20(3,4)5;1-15(2,3)11-12-20-14(18)17(7,8)13-19-21(9,10)16(4,5)6;1-16(2,3)10-4-5-11-19-15(18)14-8-6-13(12-17)7-9-14;1-14(2,3)8-9-17-13(16)12-6-4-11(10-15)5-7-12;1-10(2,3)6-7-14-9(13)11(4,5)8-12/h10-13,21H,6-9,14-17H2,1-5H3;8-11,19H,6-7,12-15H2,1-5H3;11-13H2,1-10H3;6-9,12H,4-5,10-11H2,1-3H3;4-7,10H,8-9H2,1-3H3;12H,6-8H2,1-5H3. The average Bonchev–Trinajstić information content (AvgIpc) is 0.823. The van der Waals surface area contributed by atoms with Gasteiger partial charge in [-0.1, -0.05) is 329 Å². The molecule has 2 aliphatic heterocycles. The summed E-state index contributed by atoms with van der Waals surface area (Å²) in [4.78, 5) is 93.3. The molecule has 0 spiro atoms. The second-order valence-electron chi connectivity index (χ2n) is 43.1. The van der Waals surface area contributed by atoms with Crippen LogP contribution in [-0.4, -0.2) is 131 Å². The molecule has 2 heterocycles. The van der Waals surface area contributed by atoms with Crippen molar-refractivity contribution in [3.05, 3.63) is 142 Å².